The molecule has 0 radical (unpaired) electrons. The van der Waals surface area contributed by atoms with E-state index < -0.39 is 26.7 Å². The standard InChI is InChI=1S/C21H21F2N3O5S2/c1-13(2)25-19-11-16(31-21(22)23)9-10-17(19)18(12-24)20(25)14-5-7-15(8-6-14)26(32(3,27)28)33(4,29)30/h5-11,13,21H,1-4H3. The van der Waals surface area contributed by atoms with E-state index in [1.54, 1.807) is 4.57 Å². The lowest BCUT2D eigenvalue weighted by Crippen LogP contribution is -2.35. The van der Waals surface area contributed by atoms with Crippen molar-refractivity contribution in [1.29, 1.82) is 5.26 Å². The highest BCUT2D eigenvalue weighted by Crippen LogP contribution is 2.38. The summed E-state index contributed by atoms with van der Waals surface area (Å²) >= 11 is 0. The highest BCUT2D eigenvalue weighted by Gasteiger charge is 2.28. The Kier molecular flexibility index (Phi) is 6.41. The van der Waals surface area contributed by atoms with Crippen LogP contribution in [0, 0.1) is 11.3 Å². The minimum Gasteiger partial charge on any atom is -0.435 e. The van der Waals surface area contributed by atoms with Crippen LogP contribution >= 0.6 is 0 Å². The lowest BCUT2D eigenvalue weighted by Gasteiger charge is -2.20. The van der Waals surface area contributed by atoms with Crippen LogP contribution in [0.25, 0.3) is 22.2 Å². The molecule has 0 amide bonds. The van der Waals surface area contributed by atoms with E-state index in [0.717, 1.165) is 12.5 Å². The SMILES string of the molecule is CC(C)n1c(-c2ccc(N(S(C)(=O)=O)S(C)(=O)=O)cc2)c(C#N)c2ccc(OC(F)F)cc21. The molecule has 3 rings (SSSR count). The van der Waals surface area contributed by atoms with Gasteiger partial charge in [0.25, 0.3) is 0 Å². The average Bonchev–Trinajstić information content (AvgIpc) is 2.99. The van der Waals surface area contributed by atoms with Gasteiger partial charge >= 0.3 is 6.61 Å². The molecule has 0 unspecified atom stereocenters. The molecule has 0 spiro atoms. The third-order valence-corrected chi connectivity index (χ3v) is 8.03. The molecule has 0 aliphatic carbocycles. The first-order valence-electron chi connectivity index (χ1n) is 9.59. The minimum absolute atomic E-state index is 0.0553. The summed E-state index contributed by atoms with van der Waals surface area (Å²) in [5.74, 6) is -0.0553. The van der Waals surface area contributed by atoms with E-state index in [-0.39, 0.29) is 23.0 Å². The number of benzene rings is 2. The van der Waals surface area contributed by atoms with Gasteiger partial charge < -0.3 is 9.30 Å². The average molecular weight is 498 g/mol. The van der Waals surface area contributed by atoms with Crippen molar-refractivity contribution in [3.05, 3.63) is 48.0 Å². The minimum atomic E-state index is -4.11. The van der Waals surface area contributed by atoms with Gasteiger partial charge in [0.2, 0.25) is 20.0 Å². The van der Waals surface area contributed by atoms with Crippen LogP contribution in [0.15, 0.2) is 42.5 Å². The van der Waals surface area contributed by atoms with Crippen LogP contribution in [-0.2, 0) is 20.0 Å². The maximum atomic E-state index is 12.7. The third kappa shape index (κ3) is 4.79. The maximum absolute atomic E-state index is 12.7. The number of nitrogens with zero attached hydrogens (tertiary/aromatic N) is 3. The van der Waals surface area contributed by atoms with Gasteiger partial charge in [-0.2, -0.15) is 17.8 Å². The second-order valence-corrected chi connectivity index (χ2v) is 11.5. The number of sulfonamides is 2. The summed E-state index contributed by atoms with van der Waals surface area (Å²) in [6.07, 6.45) is 1.57. The lowest BCUT2D eigenvalue weighted by molar-refractivity contribution is -0.0497. The zero-order chi connectivity index (χ0) is 24.7. The molecule has 1 heterocycles. The Hall–Kier alpha value is -3.17. The van der Waals surface area contributed by atoms with Crippen LogP contribution in [0.3, 0.4) is 0 Å². The fraction of sp³-hybridized carbons (Fsp3) is 0.286. The first-order chi connectivity index (χ1) is 15.3. The predicted octanol–water partition coefficient (Wildman–Crippen LogP) is 4.09. The van der Waals surface area contributed by atoms with E-state index in [2.05, 4.69) is 10.8 Å². The van der Waals surface area contributed by atoms with Crippen molar-refractivity contribution in [2.45, 2.75) is 26.5 Å². The largest absolute Gasteiger partial charge is 0.435 e. The number of hydrogen-bond acceptors (Lipinski definition) is 6. The van der Waals surface area contributed by atoms with Gasteiger partial charge in [-0.1, -0.05) is 12.1 Å². The normalized spacial score (nSPS) is 12.3. The summed E-state index contributed by atoms with van der Waals surface area (Å²) in [6.45, 7) is 0.711. The summed E-state index contributed by atoms with van der Waals surface area (Å²) in [7, 11) is -8.22. The summed E-state index contributed by atoms with van der Waals surface area (Å²) in [5, 5.41) is 10.4. The van der Waals surface area contributed by atoms with Gasteiger partial charge in [-0.05, 0) is 43.7 Å². The van der Waals surface area contributed by atoms with Crippen LogP contribution in [0.2, 0.25) is 0 Å². The van der Waals surface area contributed by atoms with Gasteiger partial charge in [0.15, 0.2) is 0 Å². The van der Waals surface area contributed by atoms with E-state index in [1.807, 2.05) is 13.8 Å². The molecule has 0 atom stereocenters. The number of hydrogen-bond donors (Lipinski definition) is 0. The van der Waals surface area contributed by atoms with Gasteiger partial charge in [0.1, 0.15) is 11.8 Å². The maximum Gasteiger partial charge on any atom is 0.387 e. The number of fused-ring (bicyclic) bond motifs is 1. The molecule has 8 nitrogen and oxygen atoms in total. The number of anilines is 1. The smallest absolute Gasteiger partial charge is 0.387 e. The summed E-state index contributed by atoms with van der Waals surface area (Å²) in [4.78, 5) is 0. The molecule has 0 aliphatic heterocycles. The van der Waals surface area contributed by atoms with Crippen LogP contribution in [0.1, 0.15) is 25.5 Å². The molecule has 0 saturated carbocycles. The van der Waals surface area contributed by atoms with Crippen molar-refractivity contribution in [1.82, 2.24) is 4.57 Å². The van der Waals surface area contributed by atoms with Crippen molar-refractivity contribution >= 4 is 36.6 Å². The lowest BCUT2D eigenvalue weighted by atomic mass is 10.1. The molecule has 0 fully saturated rings. The Balaban J connectivity index is 2.25. The molecule has 2 aromatic carbocycles. The topological polar surface area (TPSA) is 109 Å². The molecule has 3 aromatic rings. The van der Waals surface area contributed by atoms with E-state index >= 15 is 0 Å². The predicted molar refractivity (Wildman–Crippen MR) is 121 cm³/mol. The zero-order valence-corrected chi connectivity index (χ0v) is 19.8. The highest BCUT2D eigenvalue weighted by molar-refractivity contribution is 8.09. The molecule has 0 N–H and O–H groups in total. The molecule has 12 heteroatoms. The van der Waals surface area contributed by atoms with E-state index in [0.29, 0.717) is 25.9 Å². The van der Waals surface area contributed by atoms with Crippen molar-refractivity contribution in [3.8, 4) is 23.1 Å². The van der Waals surface area contributed by atoms with Crippen LogP contribution in [-0.4, -0.2) is 40.5 Å². The third-order valence-electron chi connectivity index (χ3n) is 4.78. The van der Waals surface area contributed by atoms with E-state index in [1.165, 1.54) is 42.5 Å². The first-order valence-corrected chi connectivity index (χ1v) is 13.3. The van der Waals surface area contributed by atoms with Gasteiger partial charge in [-0.15, -0.1) is 0 Å². The fourth-order valence-corrected chi connectivity index (χ4v) is 6.75. The molecule has 0 bridgehead atoms. The first kappa shape index (κ1) is 24.5. The van der Waals surface area contributed by atoms with Crippen LogP contribution < -0.4 is 8.45 Å². The highest BCUT2D eigenvalue weighted by atomic mass is 32.3. The summed E-state index contributed by atoms with van der Waals surface area (Å²) < 4.78 is 80.1. The zero-order valence-electron chi connectivity index (χ0n) is 18.2. The molecular formula is C21H21F2N3O5S2. The number of aromatic nitrogens is 1. The van der Waals surface area contributed by atoms with Gasteiger partial charge in [0, 0.05) is 17.5 Å². The van der Waals surface area contributed by atoms with Gasteiger partial charge in [-0.25, -0.2) is 16.8 Å². The monoisotopic (exact) mass is 497 g/mol. The molecular weight excluding hydrogens is 476 g/mol. The second-order valence-electron chi connectivity index (χ2n) is 7.63. The van der Waals surface area contributed by atoms with Gasteiger partial charge in [-0.3, -0.25) is 0 Å². The molecule has 0 aliphatic rings. The quantitative estimate of drug-likeness (QED) is 0.486. The van der Waals surface area contributed by atoms with E-state index in [4.69, 9.17) is 0 Å². The summed E-state index contributed by atoms with van der Waals surface area (Å²) in [6, 6.07) is 11.9. The Bertz CT molecular complexity index is 1420. The number of rotatable bonds is 7. The Labute approximate surface area is 190 Å². The summed E-state index contributed by atoms with van der Waals surface area (Å²) in [5.41, 5.74) is 1.71. The Morgan fingerprint density at radius 3 is 2.03 bits per heavy atom. The van der Waals surface area contributed by atoms with Crippen LogP contribution in [0.5, 0.6) is 5.75 Å². The van der Waals surface area contributed by atoms with Gasteiger partial charge in [0.05, 0.1) is 35.0 Å². The molecule has 1 aromatic heterocycles. The van der Waals surface area contributed by atoms with Crippen molar-refractivity contribution in [3.63, 3.8) is 0 Å². The van der Waals surface area contributed by atoms with Crippen molar-refractivity contribution < 1.29 is 30.4 Å². The number of alkyl halides is 2. The molecule has 176 valence electrons. The van der Waals surface area contributed by atoms with Crippen LogP contribution in [0.4, 0.5) is 14.5 Å². The second kappa shape index (κ2) is 8.64. The molecule has 0 saturated heterocycles. The van der Waals surface area contributed by atoms with Crippen molar-refractivity contribution in [2.24, 2.45) is 0 Å². The number of halogens is 2. The number of ether oxygens (including phenoxy) is 1. The fourth-order valence-electron chi connectivity index (χ4n) is 3.77. The number of nitriles is 1. The Morgan fingerprint density at radius 2 is 1.58 bits per heavy atom. The Morgan fingerprint density at radius 1 is 1.00 bits per heavy atom. The van der Waals surface area contributed by atoms with Crippen molar-refractivity contribution in [2.75, 3.05) is 16.2 Å². The van der Waals surface area contributed by atoms with E-state index in [9.17, 15) is 30.9 Å². The molecule has 33 heavy (non-hydrogen) atoms.